The van der Waals surface area contributed by atoms with Gasteiger partial charge in [0.1, 0.15) is 18.0 Å². The number of esters is 1. The second kappa shape index (κ2) is 11.6. The van der Waals surface area contributed by atoms with Crippen LogP contribution >= 0.6 is 45.2 Å². The number of rotatable bonds is 8. The van der Waals surface area contributed by atoms with Crippen LogP contribution in [0.5, 0.6) is 5.75 Å². The lowest BCUT2D eigenvalue weighted by atomic mass is 10.2. The molecule has 0 unspecified atom stereocenters. The highest BCUT2D eigenvalue weighted by Crippen LogP contribution is 2.30. The van der Waals surface area contributed by atoms with E-state index in [9.17, 15) is 19.2 Å². The van der Waals surface area contributed by atoms with Crippen molar-refractivity contribution in [2.45, 2.75) is 13.8 Å². The number of benzene rings is 2. The maximum absolute atomic E-state index is 12.8. The summed E-state index contributed by atoms with van der Waals surface area (Å²) in [4.78, 5) is 49.8. The Morgan fingerprint density at radius 1 is 1.15 bits per heavy atom. The minimum absolute atomic E-state index is 0.0557. The number of carbonyl (C=O) groups excluding carboxylic acids is 4. The third-order valence-electron chi connectivity index (χ3n) is 4.54. The number of aryl methyl sites for hydroxylation is 1. The van der Waals surface area contributed by atoms with E-state index >= 15 is 0 Å². The van der Waals surface area contributed by atoms with Crippen LogP contribution in [0.4, 0.5) is 10.5 Å². The molecule has 3 rings (SSSR count). The van der Waals surface area contributed by atoms with Crippen molar-refractivity contribution in [3.05, 3.63) is 60.4 Å². The highest BCUT2D eigenvalue weighted by Gasteiger charge is 2.35. The molecule has 0 saturated carbocycles. The predicted octanol–water partition coefficient (Wildman–Crippen LogP) is 3.68. The van der Waals surface area contributed by atoms with E-state index in [1.54, 1.807) is 37.3 Å². The van der Waals surface area contributed by atoms with Crippen molar-refractivity contribution < 1.29 is 28.7 Å². The topological polar surface area (TPSA) is 114 Å². The number of ether oxygens (including phenoxy) is 2. The van der Waals surface area contributed by atoms with Gasteiger partial charge in [0.2, 0.25) is 5.91 Å². The zero-order chi connectivity index (χ0) is 24.8. The molecule has 178 valence electrons. The van der Waals surface area contributed by atoms with Gasteiger partial charge in [-0.05, 0) is 100 Å². The quantitative estimate of drug-likeness (QED) is 0.189. The molecule has 11 heteroatoms. The second-order valence-electron chi connectivity index (χ2n) is 7.20. The van der Waals surface area contributed by atoms with E-state index in [2.05, 4.69) is 55.8 Å². The highest BCUT2D eigenvalue weighted by atomic mass is 127. The molecule has 1 heterocycles. The maximum Gasteiger partial charge on any atom is 0.344 e. The first-order valence-corrected chi connectivity index (χ1v) is 12.3. The first-order chi connectivity index (χ1) is 16.2. The third-order valence-corrected chi connectivity index (χ3v) is 6.14. The van der Waals surface area contributed by atoms with E-state index in [1.807, 2.05) is 13.0 Å². The van der Waals surface area contributed by atoms with Gasteiger partial charge in [0.05, 0.1) is 13.7 Å². The number of amides is 4. The Bertz CT molecular complexity index is 1160. The molecule has 34 heavy (non-hydrogen) atoms. The number of carbonyl (C=O) groups is 4. The van der Waals surface area contributed by atoms with Gasteiger partial charge >= 0.3 is 12.0 Å². The third kappa shape index (κ3) is 6.68. The number of halogens is 2. The van der Waals surface area contributed by atoms with Gasteiger partial charge < -0.3 is 20.1 Å². The van der Waals surface area contributed by atoms with Crippen molar-refractivity contribution >= 4 is 80.8 Å². The van der Waals surface area contributed by atoms with Crippen LogP contribution in [0.25, 0.3) is 6.08 Å². The Hall–Kier alpha value is -2.68. The van der Waals surface area contributed by atoms with Crippen LogP contribution in [0.15, 0.2) is 42.1 Å². The van der Waals surface area contributed by atoms with Crippen molar-refractivity contribution in [3.8, 4) is 5.75 Å². The van der Waals surface area contributed by atoms with Crippen molar-refractivity contribution in [1.82, 2.24) is 10.2 Å². The SMILES string of the molecule is CCOC(=O)COc1c(I)cc(/C=C2/NC(=O)N(CC(=O)Nc3cccc(C)c3)C2=O)cc1I. The number of anilines is 1. The lowest BCUT2D eigenvalue weighted by molar-refractivity contribution is -0.145. The minimum atomic E-state index is -0.672. The molecule has 2 N–H and O–H groups in total. The summed E-state index contributed by atoms with van der Waals surface area (Å²) in [6.45, 7) is 3.26. The van der Waals surface area contributed by atoms with E-state index in [4.69, 9.17) is 9.47 Å². The first kappa shape index (κ1) is 25.9. The van der Waals surface area contributed by atoms with E-state index in [1.165, 1.54) is 6.08 Å². The van der Waals surface area contributed by atoms with E-state index in [0.717, 1.165) is 10.5 Å². The number of hydrogen-bond donors (Lipinski definition) is 2. The molecular formula is C23H21I2N3O6. The standard InChI is InChI=1S/C23H21I2N3O6/c1-3-33-20(30)12-34-21-16(24)8-14(9-17(21)25)10-18-22(31)28(23(32)27-18)11-19(29)26-15-6-4-5-13(2)7-15/h4-10H,3,11-12H2,1-2H3,(H,26,29)(H,27,32)/b18-10+. The maximum atomic E-state index is 12.8. The molecule has 4 amide bonds. The molecule has 1 fully saturated rings. The molecule has 0 radical (unpaired) electrons. The summed E-state index contributed by atoms with van der Waals surface area (Å²) < 4.78 is 11.9. The molecule has 1 aliphatic heterocycles. The fourth-order valence-electron chi connectivity index (χ4n) is 3.08. The Labute approximate surface area is 223 Å². The molecule has 0 aliphatic carbocycles. The van der Waals surface area contributed by atoms with Gasteiger partial charge in [0.25, 0.3) is 5.91 Å². The second-order valence-corrected chi connectivity index (χ2v) is 9.53. The molecule has 0 spiro atoms. The molecule has 1 aliphatic rings. The first-order valence-electron chi connectivity index (χ1n) is 10.2. The van der Waals surface area contributed by atoms with Crippen molar-refractivity contribution in [3.63, 3.8) is 0 Å². The fourth-order valence-corrected chi connectivity index (χ4v) is 5.21. The van der Waals surface area contributed by atoms with Crippen LogP contribution in [0, 0.1) is 14.1 Å². The highest BCUT2D eigenvalue weighted by molar-refractivity contribution is 14.1. The number of hydrogen-bond acceptors (Lipinski definition) is 6. The molecule has 0 atom stereocenters. The molecule has 2 aromatic rings. The summed E-state index contributed by atoms with van der Waals surface area (Å²) in [5.74, 6) is -1.03. The Morgan fingerprint density at radius 2 is 1.85 bits per heavy atom. The summed E-state index contributed by atoms with van der Waals surface area (Å²) in [5, 5.41) is 5.19. The van der Waals surface area contributed by atoms with Gasteiger partial charge in [-0.15, -0.1) is 0 Å². The van der Waals surface area contributed by atoms with Crippen LogP contribution in [-0.4, -0.2) is 48.5 Å². The molecule has 0 aromatic heterocycles. The fraction of sp³-hybridized carbons (Fsp3) is 0.217. The van der Waals surface area contributed by atoms with Gasteiger partial charge in [0.15, 0.2) is 6.61 Å². The zero-order valence-electron chi connectivity index (χ0n) is 18.3. The van der Waals surface area contributed by atoms with Crippen LogP contribution in [0.1, 0.15) is 18.1 Å². The predicted molar refractivity (Wildman–Crippen MR) is 142 cm³/mol. The van der Waals surface area contributed by atoms with Crippen LogP contribution in [0.3, 0.4) is 0 Å². The van der Waals surface area contributed by atoms with Crippen LogP contribution in [-0.2, 0) is 19.1 Å². The van der Waals surface area contributed by atoms with Crippen molar-refractivity contribution in [2.24, 2.45) is 0 Å². The molecular weight excluding hydrogens is 668 g/mol. The number of nitrogens with zero attached hydrogens (tertiary/aromatic N) is 1. The van der Waals surface area contributed by atoms with Gasteiger partial charge in [-0.3, -0.25) is 9.59 Å². The molecule has 9 nitrogen and oxygen atoms in total. The summed E-state index contributed by atoms with van der Waals surface area (Å²) >= 11 is 4.12. The van der Waals surface area contributed by atoms with Gasteiger partial charge in [-0.25, -0.2) is 14.5 Å². The molecule has 0 bridgehead atoms. The van der Waals surface area contributed by atoms with Crippen molar-refractivity contribution in [1.29, 1.82) is 0 Å². The summed E-state index contributed by atoms with van der Waals surface area (Å²) in [5.41, 5.74) is 2.26. The normalized spacial score (nSPS) is 14.2. The Balaban J connectivity index is 1.69. The summed E-state index contributed by atoms with van der Waals surface area (Å²) in [7, 11) is 0. The largest absolute Gasteiger partial charge is 0.480 e. The van der Waals surface area contributed by atoms with Crippen molar-refractivity contribution in [2.75, 3.05) is 25.1 Å². The Kier molecular flexibility index (Phi) is 8.88. The van der Waals surface area contributed by atoms with E-state index in [0.29, 0.717) is 24.1 Å². The van der Waals surface area contributed by atoms with E-state index in [-0.39, 0.29) is 18.9 Å². The number of urea groups is 1. The van der Waals surface area contributed by atoms with Gasteiger partial charge in [-0.1, -0.05) is 12.1 Å². The van der Waals surface area contributed by atoms with Crippen LogP contribution in [0.2, 0.25) is 0 Å². The summed E-state index contributed by atoms with van der Waals surface area (Å²) in [6.07, 6.45) is 1.53. The summed E-state index contributed by atoms with van der Waals surface area (Å²) in [6, 6.07) is 10.0. The zero-order valence-corrected chi connectivity index (χ0v) is 22.6. The van der Waals surface area contributed by atoms with Crippen LogP contribution < -0.4 is 15.4 Å². The Morgan fingerprint density at radius 3 is 2.50 bits per heavy atom. The van der Waals surface area contributed by atoms with E-state index < -0.39 is 30.4 Å². The lowest BCUT2D eigenvalue weighted by Gasteiger charge is -2.12. The molecule has 1 saturated heterocycles. The number of imide groups is 1. The van der Waals surface area contributed by atoms with Gasteiger partial charge in [-0.2, -0.15) is 0 Å². The monoisotopic (exact) mass is 689 g/mol. The number of nitrogens with one attached hydrogen (secondary N) is 2. The lowest BCUT2D eigenvalue weighted by Crippen LogP contribution is -2.38. The van der Waals surface area contributed by atoms with Gasteiger partial charge in [0, 0.05) is 5.69 Å². The average Bonchev–Trinajstić information content (AvgIpc) is 3.00. The smallest absolute Gasteiger partial charge is 0.344 e. The minimum Gasteiger partial charge on any atom is -0.480 e. The molecule has 2 aromatic carbocycles. The average molecular weight is 689 g/mol.